The number of rotatable bonds is 5. The molecule has 0 amide bonds. The van der Waals surface area contributed by atoms with E-state index in [2.05, 4.69) is 15.1 Å². The van der Waals surface area contributed by atoms with Gasteiger partial charge in [-0.15, -0.1) is 0 Å². The van der Waals surface area contributed by atoms with Gasteiger partial charge in [0.2, 0.25) is 11.7 Å². The molecule has 0 saturated heterocycles. The molecule has 28 heavy (non-hydrogen) atoms. The van der Waals surface area contributed by atoms with Crippen LogP contribution >= 0.6 is 0 Å². The van der Waals surface area contributed by atoms with Crippen LogP contribution in [0, 0.1) is 10.1 Å². The molecule has 0 unspecified atom stereocenters. The van der Waals surface area contributed by atoms with Gasteiger partial charge in [-0.3, -0.25) is 10.1 Å². The Kier molecular flexibility index (Phi) is 4.32. The molecule has 0 aliphatic carbocycles. The third-order valence-electron chi connectivity index (χ3n) is 4.17. The lowest BCUT2D eigenvalue weighted by atomic mass is 10.1. The molecule has 0 N–H and O–H groups in total. The van der Waals surface area contributed by atoms with Crippen LogP contribution in [0.4, 0.5) is 5.69 Å². The van der Waals surface area contributed by atoms with Crippen molar-refractivity contribution in [3.63, 3.8) is 0 Å². The van der Waals surface area contributed by atoms with Crippen molar-refractivity contribution in [3.8, 4) is 34.5 Å². The normalized spacial score (nSPS) is 10.8. The molecular weight excluding hydrogens is 364 g/mol. The lowest BCUT2D eigenvalue weighted by Gasteiger charge is -2.07. The van der Waals surface area contributed by atoms with Crippen molar-refractivity contribution in [1.29, 1.82) is 0 Å². The first kappa shape index (κ1) is 17.4. The SMILES string of the molecule is COc1ccc2nc(OC)c(-c3noc(-c4ccc([N+](=O)[O-])cc4)n3)cc2c1. The minimum absolute atomic E-state index is 0.0159. The van der Waals surface area contributed by atoms with E-state index in [1.165, 1.54) is 19.2 Å². The van der Waals surface area contributed by atoms with Gasteiger partial charge in [-0.25, -0.2) is 4.98 Å². The second-order valence-electron chi connectivity index (χ2n) is 5.83. The number of non-ortho nitro benzene ring substituents is 1. The average Bonchev–Trinajstić information content (AvgIpc) is 3.22. The van der Waals surface area contributed by atoms with Crippen molar-refractivity contribution in [3.05, 3.63) is 58.6 Å². The summed E-state index contributed by atoms with van der Waals surface area (Å²) in [5.74, 6) is 1.58. The van der Waals surface area contributed by atoms with Crippen molar-refractivity contribution in [1.82, 2.24) is 15.1 Å². The monoisotopic (exact) mass is 378 g/mol. The van der Waals surface area contributed by atoms with E-state index in [-0.39, 0.29) is 11.6 Å². The molecule has 9 nitrogen and oxygen atoms in total. The van der Waals surface area contributed by atoms with Crippen LogP contribution in [0.15, 0.2) is 53.1 Å². The molecule has 4 aromatic rings. The third kappa shape index (κ3) is 3.09. The molecule has 4 rings (SSSR count). The fourth-order valence-corrected chi connectivity index (χ4v) is 2.76. The van der Waals surface area contributed by atoms with Gasteiger partial charge in [0.05, 0.1) is 30.2 Å². The molecule has 0 aliphatic heterocycles. The highest BCUT2D eigenvalue weighted by Crippen LogP contribution is 2.32. The molecule has 0 spiro atoms. The van der Waals surface area contributed by atoms with Gasteiger partial charge in [-0.2, -0.15) is 4.98 Å². The van der Waals surface area contributed by atoms with E-state index in [0.717, 1.165) is 10.9 Å². The van der Waals surface area contributed by atoms with Crippen LogP contribution in [0.25, 0.3) is 33.7 Å². The van der Waals surface area contributed by atoms with Gasteiger partial charge >= 0.3 is 0 Å². The number of benzene rings is 2. The van der Waals surface area contributed by atoms with Gasteiger partial charge in [0.15, 0.2) is 0 Å². The van der Waals surface area contributed by atoms with Gasteiger partial charge in [0, 0.05) is 23.1 Å². The standard InChI is InChI=1S/C19H14N4O5/c1-26-14-7-8-16-12(9-14)10-15(19(20-16)27-2)17-21-18(28-22-17)11-3-5-13(6-4-11)23(24)25/h3-10H,1-2H3. The molecule has 2 aromatic carbocycles. The number of hydrogen-bond acceptors (Lipinski definition) is 8. The Bertz CT molecular complexity index is 1170. The van der Waals surface area contributed by atoms with E-state index in [0.29, 0.717) is 28.6 Å². The van der Waals surface area contributed by atoms with E-state index in [1.807, 2.05) is 24.3 Å². The molecule has 0 aliphatic rings. The van der Waals surface area contributed by atoms with Gasteiger partial charge in [0.25, 0.3) is 11.6 Å². The molecule has 9 heteroatoms. The number of fused-ring (bicyclic) bond motifs is 1. The van der Waals surface area contributed by atoms with Crippen LogP contribution in [0.2, 0.25) is 0 Å². The van der Waals surface area contributed by atoms with E-state index in [1.54, 1.807) is 19.2 Å². The summed E-state index contributed by atoms with van der Waals surface area (Å²) in [5, 5.41) is 15.6. The summed E-state index contributed by atoms with van der Waals surface area (Å²) in [6.45, 7) is 0. The Morgan fingerprint density at radius 2 is 1.79 bits per heavy atom. The zero-order valence-electron chi connectivity index (χ0n) is 14.9. The van der Waals surface area contributed by atoms with Crippen molar-refractivity contribution >= 4 is 16.6 Å². The first-order valence-electron chi connectivity index (χ1n) is 8.20. The maximum Gasteiger partial charge on any atom is 0.269 e. The van der Waals surface area contributed by atoms with E-state index in [4.69, 9.17) is 14.0 Å². The number of hydrogen-bond donors (Lipinski definition) is 0. The molecule has 0 bridgehead atoms. The number of ether oxygens (including phenoxy) is 2. The highest BCUT2D eigenvalue weighted by Gasteiger charge is 2.18. The smallest absolute Gasteiger partial charge is 0.269 e. The molecule has 2 aromatic heterocycles. The molecule has 140 valence electrons. The Morgan fingerprint density at radius 1 is 1.00 bits per heavy atom. The zero-order chi connectivity index (χ0) is 19.7. The fourth-order valence-electron chi connectivity index (χ4n) is 2.76. The fraction of sp³-hybridized carbons (Fsp3) is 0.105. The minimum Gasteiger partial charge on any atom is -0.497 e. The van der Waals surface area contributed by atoms with Crippen LogP contribution in [0.3, 0.4) is 0 Å². The number of pyridine rings is 1. The summed E-state index contributed by atoms with van der Waals surface area (Å²) in [4.78, 5) is 19.2. The highest BCUT2D eigenvalue weighted by atomic mass is 16.6. The number of nitro groups is 1. The summed E-state index contributed by atoms with van der Waals surface area (Å²) in [6.07, 6.45) is 0. The van der Waals surface area contributed by atoms with Gasteiger partial charge in [-0.05, 0) is 36.4 Å². The maximum absolute atomic E-state index is 10.8. The lowest BCUT2D eigenvalue weighted by molar-refractivity contribution is -0.384. The number of nitro benzene ring substituents is 1. The zero-order valence-corrected chi connectivity index (χ0v) is 14.9. The first-order valence-corrected chi connectivity index (χ1v) is 8.20. The topological polar surface area (TPSA) is 113 Å². The maximum atomic E-state index is 10.8. The molecule has 0 fully saturated rings. The predicted molar refractivity (Wildman–Crippen MR) is 100 cm³/mol. The molecule has 0 atom stereocenters. The molecular formula is C19H14N4O5. The Labute approximate surface area is 158 Å². The van der Waals surface area contributed by atoms with Gasteiger partial charge in [-0.1, -0.05) is 5.16 Å². The summed E-state index contributed by atoms with van der Waals surface area (Å²) >= 11 is 0. The number of aromatic nitrogens is 3. The number of methoxy groups -OCH3 is 2. The van der Waals surface area contributed by atoms with Crippen LogP contribution in [0.5, 0.6) is 11.6 Å². The van der Waals surface area contributed by atoms with Crippen molar-refractivity contribution in [2.24, 2.45) is 0 Å². The minimum atomic E-state index is -0.469. The Hall–Kier alpha value is -4.01. The van der Waals surface area contributed by atoms with Crippen molar-refractivity contribution in [2.75, 3.05) is 14.2 Å². The van der Waals surface area contributed by atoms with Crippen LogP contribution in [-0.4, -0.2) is 34.3 Å². The van der Waals surface area contributed by atoms with Crippen LogP contribution in [0.1, 0.15) is 0 Å². The quantitative estimate of drug-likeness (QED) is 0.380. The Balaban J connectivity index is 1.76. The van der Waals surface area contributed by atoms with E-state index >= 15 is 0 Å². The van der Waals surface area contributed by atoms with E-state index in [9.17, 15) is 10.1 Å². The Morgan fingerprint density at radius 3 is 2.46 bits per heavy atom. The molecule has 2 heterocycles. The summed E-state index contributed by atoms with van der Waals surface area (Å²) in [5.41, 5.74) is 1.84. The summed E-state index contributed by atoms with van der Waals surface area (Å²) in [6, 6.07) is 13.2. The van der Waals surface area contributed by atoms with E-state index < -0.39 is 4.92 Å². The second kappa shape index (κ2) is 6.95. The highest BCUT2D eigenvalue weighted by molar-refractivity contribution is 5.86. The first-order chi connectivity index (χ1) is 13.6. The summed E-state index contributed by atoms with van der Waals surface area (Å²) < 4.78 is 16.0. The predicted octanol–water partition coefficient (Wildman–Crippen LogP) is 3.88. The van der Waals surface area contributed by atoms with Gasteiger partial charge < -0.3 is 14.0 Å². The summed E-state index contributed by atoms with van der Waals surface area (Å²) in [7, 11) is 3.10. The number of nitrogens with zero attached hydrogens (tertiary/aromatic N) is 4. The van der Waals surface area contributed by atoms with Crippen molar-refractivity contribution < 1.29 is 18.9 Å². The molecule has 0 radical (unpaired) electrons. The third-order valence-corrected chi connectivity index (χ3v) is 4.17. The largest absolute Gasteiger partial charge is 0.497 e. The van der Waals surface area contributed by atoms with Gasteiger partial charge in [0.1, 0.15) is 5.75 Å². The molecule has 0 saturated carbocycles. The van der Waals surface area contributed by atoms with Crippen LogP contribution in [-0.2, 0) is 0 Å². The lowest BCUT2D eigenvalue weighted by Crippen LogP contribution is -1.94. The second-order valence-corrected chi connectivity index (χ2v) is 5.83. The average molecular weight is 378 g/mol. The van der Waals surface area contributed by atoms with Crippen molar-refractivity contribution in [2.45, 2.75) is 0 Å². The van der Waals surface area contributed by atoms with Crippen LogP contribution < -0.4 is 9.47 Å².